The highest BCUT2D eigenvalue weighted by Crippen LogP contribution is 2.15. The van der Waals surface area contributed by atoms with Crippen molar-refractivity contribution in [2.45, 2.75) is 284 Å². The van der Waals surface area contributed by atoms with E-state index in [9.17, 15) is 14.4 Å². The fourth-order valence-electron chi connectivity index (χ4n) is 8.76. The Labute approximate surface area is 511 Å². The molecule has 0 spiro atoms. The van der Waals surface area contributed by atoms with Crippen LogP contribution in [0.2, 0.25) is 0 Å². The lowest BCUT2D eigenvalue weighted by atomic mass is 10.1. The quantitative estimate of drug-likeness (QED) is 0.0261. The van der Waals surface area contributed by atoms with E-state index < -0.39 is 12.1 Å². The molecule has 0 saturated carbocycles. The van der Waals surface area contributed by atoms with Crippen LogP contribution in [-0.4, -0.2) is 37.2 Å². The molecule has 0 radical (unpaired) electrons. The van der Waals surface area contributed by atoms with Gasteiger partial charge >= 0.3 is 17.9 Å². The molecule has 0 saturated heterocycles. The molecular weight excluding hydrogens is 1020 g/mol. The zero-order valence-corrected chi connectivity index (χ0v) is 53.4. The van der Waals surface area contributed by atoms with E-state index in [2.05, 4.69) is 179 Å². The van der Waals surface area contributed by atoms with Crippen LogP contribution in [0.5, 0.6) is 0 Å². The molecule has 0 aliphatic rings. The minimum absolute atomic E-state index is 0.0880. The summed E-state index contributed by atoms with van der Waals surface area (Å²) in [6, 6.07) is 0. The van der Waals surface area contributed by atoms with Crippen LogP contribution < -0.4 is 0 Å². The maximum absolute atomic E-state index is 12.8. The summed E-state index contributed by atoms with van der Waals surface area (Å²) in [5.41, 5.74) is 0. The van der Waals surface area contributed by atoms with Crippen LogP contribution in [0.3, 0.4) is 0 Å². The Hall–Kier alpha value is -5.23. The zero-order valence-electron chi connectivity index (χ0n) is 53.4. The van der Waals surface area contributed by atoms with Crippen LogP contribution in [0.4, 0.5) is 0 Å². The van der Waals surface area contributed by atoms with Gasteiger partial charge in [-0.2, -0.15) is 0 Å². The van der Waals surface area contributed by atoms with Gasteiger partial charge in [-0.3, -0.25) is 14.4 Å². The highest BCUT2D eigenvalue weighted by Gasteiger charge is 2.19. The van der Waals surface area contributed by atoms with Crippen molar-refractivity contribution in [3.63, 3.8) is 0 Å². The minimum atomic E-state index is -0.846. The van der Waals surface area contributed by atoms with Gasteiger partial charge in [-0.15, -0.1) is 0 Å². The van der Waals surface area contributed by atoms with Crippen LogP contribution in [-0.2, 0) is 28.6 Å². The number of allylic oxidation sites excluding steroid dienone is 27. The highest BCUT2D eigenvalue weighted by molar-refractivity contribution is 5.72. The first-order valence-corrected chi connectivity index (χ1v) is 33.6. The molecule has 0 heterocycles. The molecule has 0 aliphatic heterocycles. The molecule has 0 N–H and O–H groups in total. The SMILES string of the molecule is CC/C=C\C/C=C\C/C=C\C/C=C\C/C=C\C/C=C\C/C=C\C/C=C\CCCCCCCCCCCCC(=O)OCC(COC(=O)CCCCCCC/C=C\CCCCCCCC)OC(=O)C/C=C\C/C=C\C/C=C\C/C=C\C/C=C\CC. The molecule has 466 valence electrons. The topological polar surface area (TPSA) is 78.9 Å². The van der Waals surface area contributed by atoms with Gasteiger partial charge in [-0.05, 0) is 135 Å². The summed E-state index contributed by atoms with van der Waals surface area (Å²) < 4.78 is 16.8. The second kappa shape index (κ2) is 69.3. The molecule has 0 bridgehead atoms. The van der Waals surface area contributed by atoms with Crippen LogP contribution in [0.15, 0.2) is 170 Å². The fourth-order valence-corrected chi connectivity index (χ4v) is 8.76. The maximum Gasteiger partial charge on any atom is 0.310 e. The summed E-state index contributed by atoms with van der Waals surface area (Å²) >= 11 is 0. The summed E-state index contributed by atoms with van der Waals surface area (Å²) in [6.45, 7) is 6.31. The Morgan fingerprint density at radius 3 is 0.807 bits per heavy atom. The zero-order chi connectivity index (χ0) is 59.9. The Bertz CT molecular complexity index is 1890. The van der Waals surface area contributed by atoms with Gasteiger partial charge < -0.3 is 14.2 Å². The molecular formula is C77H122O6. The standard InChI is InChI=1S/C77H122O6/c1-4-7-10-13-16-19-22-25-28-29-30-31-32-33-34-35-36-37-38-39-40-41-42-43-44-45-46-47-50-52-55-58-61-64-67-70-76(79)82-73-74(83-77(80)71-68-65-62-59-56-53-49-27-24-21-18-15-12-9-6-3)72-81-75(78)69-66-63-60-57-54-51-48-26-23-20-17-14-11-8-5-2/h7,9-10,12,16,18-19,21,25-28,30-31,33-34,36-37,39-40,42-43,48-49,56,59,65,68,74H,4-6,8,11,13-15,17,20,22-24,29,32,35,38,41,44-47,50-55,57-58,60-64,66-67,69-73H2,1-3H3/b10-7-,12-9-,19-16-,21-18-,28-25-,31-30-,34-33-,37-36-,40-39-,43-42-,48-26-,49-27-,59-56-,68-65-. The number of hydrogen-bond donors (Lipinski definition) is 0. The Kier molecular flexibility index (Phi) is 64.9. The third-order valence-electron chi connectivity index (χ3n) is 13.7. The van der Waals surface area contributed by atoms with Gasteiger partial charge in [-0.1, -0.05) is 294 Å². The van der Waals surface area contributed by atoms with Crippen molar-refractivity contribution in [3.05, 3.63) is 170 Å². The van der Waals surface area contributed by atoms with Crippen molar-refractivity contribution in [2.24, 2.45) is 0 Å². The second-order valence-corrected chi connectivity index (χ2v) is 21.6. The lowest BCUT2D eigenvalue weighted by molar-refractivity contribution is -0.166. The van der Waals surface area contributed by atoms with E-state index in [4.69, 9.17) is 14.2 Å². The molecule has 0 aromatic rings. The summed E-state index contributed by atoms with van der Waals surface area (Å²) in [6.07, 6.45) is 103. The molecule has 0 rings (SSSR count). The first-order valence-electron chi connectivity index (χ1n) is 33.6. The number of carbonyl (C=O) groups is 3. The van der Waals surface area contributed by atoms with Crippen molar-refractivity contribution in [1.29, 1.82) is 0 Å². The number of esters is 3. The van der Waals surface area contributed by atoms with Gasteiger partial charge in [-0.25, -0.2) is 0 Å². The van der Waals surface area contributed by atoms with Crippen LogP contribution in [0.1, 0.15) is 278 Å². The van der Waals surface area contributed by atoms with Crippen LogP contribution >= 0.6 is 0 Å². The summed E-state index contributed by atoms with van der Waals surface area (Å²) in [7, 11) is 0. The van der Waals surface area contributed by atoms with E-state index >= 15 is 0 Å². The van der Waals surface area contributed by atoms with Gasteiger partial charge in [0.05, 0.1) is 6.42 Å². The molecule has 0 aliphatic carbocycles. The fraction of sp³-hybridized carbons (Fsp3) is 0.597. The number of rotatable bonds is 59. The molecule has 6 nitrogen and oxygen atoms in total. The monoisotopic (exact) mass is 1140 g/mol. The van der Waals surface area contributed by atoms with Crippen molar-refractivity contribution >= 4 is 17.9 Å². The Balaban J connectivity index is 4.32. The number of ether oxygens (including phenoxy) is 3. The van der Waals surface area contributed by atoms with Crippen LogP contribution in [0, 0.1) is 0 Å². The highest BCUT2D eigenvalue weighted by atomic mass is 16.6. The van der Waals surface area contributed by atoms with E-state index in [0.717, 1.165) is 135 Å². The molecule has 6 heteroatoms. The number of carbonyl (C=O) groups excluding carboxylic acids is 3. The van der Waals surface area contributed by atoms with Gasteiger partial charge in [0, 0.05) is 12.8 Å². The van der Waals surface area contributed by atoms with Gasteiger partial charge in [0.1, 0.15) is 13.2 Å². The molecule has 0 fully saturated rings. The van der Waals surface area contributed by atoms with Gasteiger partial charge in [0.25, 0.3) is 0 Å². The van der Waals surface area contributed by atoms with E-state index in [1.807, 2.05) is 6.08 Å². The first-order chi connectivity index (χ1) is 41.0. The summed E-state index contributed by atoms with van der Waals surface area (Å²) in [5, 5.41) is 0. The minimum Gasteiger partial charge on any atom is -0.462 e. The van der Waals surface area contributed by atoms with E-state index in [1.165, 1.54) is 96.3 Å². The average molecular weight is 1140 g/mol. The lowest BCUT2D eigenvalue weighted by Crippen LogP contribution is -2.30. The molecule has 1 unspecified atom stereocenters. The molecule has 83 heavy (non-hydrogen) atoms. The van der Waals surface area contributed by atoms with Gasteiger partial charge in [0.15, 0.2) is 6.10 Å². The second-order valence-electron chi connectivity index (χ2n) is 21.6. The average Bonchev–Trinajstić information content (AvgIpc) is 3.49. The molecule has 1 atom stereocenters. The largest absolute Gasteiger partial charge is 0.462 e. The van der Waals surface area contributed by atoms with E-state index in [0.29, 0.717) is 19.3 Å². The smallest absolute Gasteiger partial charge is 0.310 e. The number of hydrogen-bond acceptors (Lipinski definition) is 6. The lowest BCUT2D eigenvalue weighted by Gasteiger charge is -2.18. The Morgan fingerprint density at radius 1 is 0.265 bits per heavy atom. The summed E-state index contributed by atoms with van der Waals surface area (Å²) in [4.78, 5) is 38.2. The Morgan fingerprint density at radius 2 is 0.506 bits per heavy atom. The molecule has 0 amide bonds. The first kappa shape index (κ1) is 77.8. The third-order valence-corrected chi connectivity index (χ3v) is 13.7. The van der Waals surface area contributed by atoms with Crippen molar-refractivity contribution < 1.29 is 28.6 Å². The van der Waals surface area contributed by atoms with E-state index in [1.54, 1.807) is 6.08 Å². The predicted octanol–water partition coefficient (Wildman–Crippen LogP) is 23.4. The summed E-state index contributed by atoms with van der Waals surface area (Å²) in [5.74, 6) is -1.07. The van der Waals surface area contributed by atoms with Crippen molar-refractivity contribution in [3.8, 4) is 0 Å². The van der Waals surface area contributed by atoms with Crippen LogP contribution in [0.25, 0.3) is 0 Å². The maximum atomic E-state index is 12.8. The molecule has 0 aromatic heterocycles. The number of unbranched alkanes of at least 4 members (excludes halogenated alkanes) is 21. The third kappa shape index (κ3) is 67.4. The molecule has 0 aromatic carbocycles. The van der Waals surface area contributed by atoms with Gasteiger partial charge in [0.2, 0.25) is 0 Å². The van der Waals surface area contributed by atoms with E-state index in [-0.39, 0.29) is 31.6 Å². The van der Waals surface area contributed by atoms with Crippen molar-refractivity contribution in [1.82, 2.24) is 0 Å². The predicted molar refractivity (Wildman–Crippen MR) is 361 cm³/mol. The van der Waals surface area contributed by atoms with Crippen molar-refractivity contribution in [2.75, 3.05) is 13.2 Å². The normalized spacial score (nSPS) is 13.2.